The van der Waals surface area contributed by atoms with E-state index in [4.69, 9.17) is 0 Å². The first-order valence-corrected chi connectivity index (χ1v) is 8.74. The number of urea groups is 1. The van der Waals surface area contributed by atoms with Gasteiger partial charge in [-0.2, -0.15) is 0 Å². The van der Waals surface area contributed by atoms with E-state index in [0.717, 1.165) is 27.9 Å². The number of carbonyl (C=O) groups excluding carboxylic acids is 2. The quantitative estimate of drug-likeness (QED) is 0.661. The van der Waals surface area contributed by atoms with Gasteiger partial charge in [0.1, 0.15) is 11.5 Å². The van der Waals surface area contributed by atoms with Gasteiger partial charge < -0.3 is 4.98 Å². The molecular weight excluding hydrogens is 342 g/mol. The first-order chi connectivity index (χ1) is 12.7. The van der Waals surface area contributed by atoms with Gasteiger partial charge in [-0.25, -0.2) is 14.8 Å². The molecule has 3 aromatic rings. The molecule has 0 aliphatic heterocycles. The van der Waals surface area contributed by atoms with Crippen LogP contribution in [0.25, 0.3) is 11.0 Å². The molecule has 7 nitrogen and oxygen atoms in total. The molecule has 7 heteroatoms. The summed E-state index contributed by atoms with van der Waals surface area (Å²) in [5.41, 5.74) is 3.22. The number of rotatable bonds is 3. The molecule has 0 aromatic carbocycles. The topological polar surface area (TPSA) is 99.8 Å². The van der Waals surface area contributed by atoms with Gasteiger partial charge in [-0.15, -0.1) is 0 Å². The number of pyridine rings is 2. The van der Waals surface area contributed by atoms with Crippen molar-refractivity contribution in [1.82, 2.24) is 20.3 Å². The fraction of sp³-hybridized carbons (Fsp3) is 0.300. The van der Waals surface area contributed by atoms with Crippen LogP contribution in [0.15, 0.2) is 36.7 Å². The molecule has 0 saturated carbocycles. The van der Waals surface area contributed by atoms with Crippen molar-refractivity contribution in [3.05, 3.63) is 53.5 Å². The fourth-order valence-electron chi connectivity index (χ4n) is 2.65. The number of carbonyl (C=O) groups is 2. The Hall–Kier alpha value is -3.22. The molecule has 0 radical (unpaired) electrons. The van der Waals surface area contributed by atoms with Gasteiger partial charge in [0.2, 0.25) is 5.91 Å². The minimum atomic E-state index is -0.640. The molecular formula is C20H23N5O2. The van der Waals surface area contributed by atoms with E-state index < -0.39 is 11.4 Å². The van der Waals surface area contributed by atoms with Gasteiger partial charge in [0.25, 0.3) is 0 Å². The smallest absolute Gasteiger partial charge is 0.327 e. The van der Waals surface area contributed by atoms with E-state index in [0.29, 0.717) is 12.2 Å². The van der Waals surface area contributed by atoms with Crippen LogP contribution in [-0.2, 0) is 11.2 Å². The van der Waals surface area contributed by atoms with E-state index in [1.165, 1.54) is 0 Å². The van der Waals surface area contributed by atoms with Crippen molar-refractivity contribution in [2.24, 2.45) is 5.41 Å². The van der Waals surface area contributed by atoms with Gasteiger partial charge in [0.05, 0.1) is 0 Å². The Balaban J connectivity index is 1.70. The molecule has 0 spiro atoms. The maximum absolute atomic E-state index is 12.0. The Morgan fingerprint density at radius 2 is 1.93 bits per heavy atom. The molecule has 3 amide bonds. The summed E-state index contributed by atoms with van der Waals surface area (Å²) >= 11 is 0. The number of anilines is 1. The van der Waals surface area contributed by atoms with Gasteiger partial charge in [-0.3, -0.25) is 15.4 Å². The summed E-state index contributed by atoms with van der Waals surface area (Å²) in [5, 5.41) is 6.00. The number of hydrogen-bond donors (Lipinski definition) is 3. The summed E-state index contributed by atoms with van der Waals surface area (Å²) in [4.78, 5) is 35.7. The fourth-order valence-corrected chi connectivity index (χ4v) is 2.65. The summed E-state index contributed by atoms with van der Waals surface area (Å²) < 4.78 is 0. The zero-order chi connectivity index (χ0) is 19.6. The van der Waals surface area contributed by atoms with E-state index in [1.54, 1.807) is 33.0 Å². The molecule has 27 heavy (non-hydrogen) atoms. The molecule has 0 bridgehead atoms. The van der Waals surface area contributed by atoms with Crippen LogP contribution >= 0.6 is 0 Å². The molecule has 3 rings (SSSR count). The van der Waals surface area contributed by atoms with Crippen molar-refractivity contribution in [1.29, 1.82) is 0 Å². The number of hydrogen-bond acceptors (Lipinski definition) is 4. The second kappa shape index (κ2) is 7.19. The van der Waals surface area contributed by atoms with Gasteiger partial charge in [0, 0.05) is 35.3 Å². The molecule has 3 N–H and O–H groups in total. The van der Waals surface area contributed by atoms with Gasteiger partial charge in [0.15, 0.2) is 0 Å². The van der Waals surface area contributed by atoms with Crippen molar-refractivity contribution in [2.75, 3.05) is 5.32 Å². The summed E-state index contributed by atoms with van der Waals surface area (Å²) in [7, 11) is 0. The highest BCUT2D eigenvalue weighted by atomic mass is 16.2. The molecule has 3 heterocycles. The van der Waals surface area contributed by atoms with Gasteiger partial charge in [-0.05, 0) is 36.2 Å². The third-order valence-electron chi connectivity index (χ3n) is 4.26. The Bertz CT molecular complexity index is 1000. The number of aromatic nitrogens is 3. The predicted molar refractivity (Wildman–Crippen MR) is 104 cm³/mol. The summed E-state index contributed by atoms with van der Waals surface area (Å²) in [6, 6.07) is 7.02. The van der Waals surface area contributed by atoms with Crippen LogP contribution in [0.4, 0.5) is 10.6 Å². The van der Waals surface area contributed by atoms with Crippen molar-refractivity contribution < 1.29 is 9.59 Å². The first-order valence-electron chi connectivity index (χ1n) is 8.74. The minimum absolute atomic E-state index is 0.346. The number of nitrogens with zero attached hydrogens (tertiary/aromatic N) is 2. The lowest BCUT2D eigenvalue weighted by molar-refractivity contribution is -0.127. The summed E-state index contributed by atoms with van der Waals surface area (Å²) in [6.07, 6.45) is 4.42. The highest BCUT2D eigenvalue weighted by Gasteiger charge is 2.23. The molecule has 0 unspecified atom stereocenters. The highest BCUT2D eigenvalue weighted by Crippen LogP contribution is 2.21. The van der Waals surface area contributed by atoms with Crippen LogP contribution in [0.3, 0.4) is 0 Å². The number of aryl methyl sites for hydroxylation is 1. The lowest BCUT2D eigenvalue weighted by atomic mass is 9.96. The Morgan fingerprint density at radius 1 is 1.15 bits per heavy atom. The molecule has 0 fully saturated rings. The maximum atomic E-state index is 12.0. The second-order valence-corrected chi connectivity index (χ2v) is 7.49. The van der Waals surface area contributed by atoms with Crippen LogP contribution in [0.2, 0.25) is 0 Å². The zero-order valence-corrected chi connectivity index (χ0v) is 15.9. The van der Waals surface area contributed by atoms with Crippen LogP contribution in [-0.4, -0.2) is 26.9 Å². The van der Waals surface area contributed by atoms with Crippen LogP contribution in [0.5, 0.6) is 0 Å². The average Bonchev–Trinajstić information content (AvgIpc) is 2.99. The summed E-state index contributed by atoms with van der Waals surface area (Å²) in [5.74, 6) is 0.0531. The van der Waals surface area contributed by atoms with Crippen LogP contribution in [0.1, 0.15) is 37.6 Å². The molecule has 3 aromatic heterocycles. The van der Waals surface area contributed by atoms with Crippen LogP contribution < -0.4 is 10.6 Å². The third-order valence-corrected chi connectivity index (χ3v) is 4.26. The standard InChI is InChI=1S/C20H23N5O2/c1-12-13(10-14-11-22-17-15(14)6-5-9-21-17)7-8-16(23-12)24-19(27)25-18(26)20(2,3)4/h5-9,11H,10H2,1-4H3,(H,21,22)(H2,23,24,25,26,27). The van der Waals surface area contributed by atoms with Gasteiger partial charge >= 0.3 is 6.03 Å². The molecule has 0 saturated heterocycles. The largest absolute Gasteiger partial charge is 0.346 e. The lowest BCUT2D eigenvalue weighted by Gasteiger charge is -2.17. The SMILES string of the molecule is Cc1nc(NC(=O)NC(=O)C(C)(C)C)ccc1Cc1c[nH]c2ncccc12. The third kappa shape index (κ3) is 4.31. The summed E-state index contributed by atoms with van der Waals surface area (Å²) in [6.45, 7) is 7.12. The molecule has 0 aliphatic carbocycles. The lowest BCUT2D eigenvalue weighted by Crippen LogP contribution is -2.41. The molecule has 0 atom stereocenters. The minimum Gasteiger partial charge on any atom is -0.346 e. The number of aromatic amines is 1. The number of amides is 3. The van der Waals surface area contributed by atoms with E-state index >= 15 is 0 Å². The van der Waals surface area contributed by atoms with E-state index in [-0.39, 0.29) is 5.91 Å². The molecule has 140 valence electrons. The second-order valence-electron chi connectivity index (χ2n) is 7.49. The Kier molecular flexibility index (Phi) is 4.94. The monoisotopic (exact) mass is 365 g/mol. The van der Waals surface area contributed by atoms with E-state index in [9.17, 15) is 9.59 Å². The zero-order valence-electron chi connectivity index (χ0n) is 15.9. The molecule has 0 aliphatic rings. The Labute approximate surface area is 157 Å². The van der Waals surface area contributed by atoms with Gasteiger partial charge in [-0.1, -0.05) is 26.8 Å². The normalized spacial score (nSPS) is 11.4. The Morgan fingerprint density at radius 3 is 2.63 bits per heavy atom. The number of imide groups is 1. The number of fused-ring (bicyclic) bond motifs is 1. The average molecular weight is 365 g/mol. The first kappa shape index (κ1) is 18.6. The van der Waals surface area contributed by atoms with Crippen molar-refractivity contribution >= 4 is 28.8 Å². The van der Waals surface area contributed by atoms with Crippen molar-refractivity contribution in [2.45, 2.75) is 34.1 Å². The van der Waals surface area contributed by atoms with Crippen LogP contribution in [0, 0.1) is 12.3 Å². The highest BCUT2D eigenvalue weighted by molar-refractivity contribution is 6.02. The van der Waals surface area contributed by atoms with E-state index in [1.807, 2.05) is 31.3 Å². The maximum Gasteiger partial charge on any atom is 0.327 e. The van der Waals surface area contributed by atoms with Crippen molar-refractivity contribution in [3.8, 4) is 0 Å². The number of nitrogens with one attached hydrogen (secondary N) is 3. The van der Waals surface area contributed by atoms with Crippen molar-refractivity contribution in [3.63, 3.8) is 0 Å². The van der Waals surface area contributed by atoms with E-state index in [2.05, 4.69) is 25.6 Å². The predicted octanol–water partition coefficient (Wildman–Crippen LogP) is 3.55. The number of H-pyrrole nitrogens is 1.